The maximum absolute atomic E-state index is 10.7. The third-order valence-corrected chi connectivity index (χ3v) is 2.12. The van der Waals surface area contributed by atoms with Crippen LogP contribution in [0.3, 0.4) is 0 Å². The quantitative estimate of drug-likeness (QED) is 0.621. The molecule has 0 aliphatic carbocycles. The minimum absolute atomic E-state index is 0.0181. The Morgan fingerprint density at radius 3 is 2.50 bits per heavy atom. The van der Waals surface area contributed by atoms with E-state index in [2.05, 4.69) is 0 Å². The summed E-state index contributed by atoms with van der Waals surface area (Å²) in [6, 6.07) is 2.84. The Morgan fingerprint density at radius 1 is 1.44 bits per heavy atom. The van der Waals surface area contributed by atoms with Crippen LogP contribution in [0.5, 0.6) is 5.75 Å². The molecule has 1 aromatic carbocycles. The normalized spacial score (nSPS) is 9.88. The molecule has 0 bridgehead atoms. The predicted octanol–water partition coefficient (Wildman–Crippen LogP) is 1.68. The van der Waals surface area contributed by atoms with Crippen molar-refractivity contribution in [3.05, 3.63) is 33.4 Å². The molecular formula is C10H11NO5. The third kappa shape index (κ3) is 2.69. The van der Waals surface area contributed by atoms with Crippen molar-refractivity contribution in [3.8, 4) is 5.75 Å². The number of carbonyl (C=O) groups is 1. The summed E-state index contributed by atoms with van der Waals surface area (Å²) in [7, 11) is 0. The summed E-state index contributed by atoms with van der Waals surface area (Å²) in [6.07, 6.45) is 0. The minimum Gasteiger partial charge on any atom is -0.479 e. The van der Waals surface area contributed by atoms with E-state index in [0.29, 0.717) is 0 Å². The number of benzene rings is 1. The highest BCUT2D eigenvalue weighted by Crippen LogP contribution is 2.29. The van der Waals surface area contributed by atoms with E-state index >= 15 is 0 Å². The van der Waals surface area contributed by atoms with Crippen molar-refractivity contribution in [1.29, 1.82) is 0 Å². The van der Waals surface area contributed by atoms with E-state index < -0.39 is 17.5 Å². The van der Waals surface area contributed by atoms with Gasteiger partial charge in [0.25, 0.3) is 0 Å². The molecule has 6 nitrogen and oxygen atoms in total. The number of aliphatic carboxylic acids is 1. The van der Waals surface area contributed by atoms with Crippen LogP contribution in [0, 0.1) is 24.0 Å². The number of nitro benzene ring substituents is 1. The lowest BCUT2D eigenvalue weighted by Crippen LogP contribution is -2.10. The first kappa shape index (κ1) is 12.0. The lowest BCUT2D eigenvalue weighted by molar-refractivity contribution is -0.385. The molecule has 0 aliphatic rings. The van der Waals surface area contributed by atoms with Crippen LogP contribution in [0.15, 0.2) is 12.1 Å². The summed E-state index contributed by atoms with van der Waals surface area (Å²) >= 11 is 0. The number of aryl methyl sites for hydroxylation is 2. The van der Waals surface area contributed by atoms with Crippen LogP contribution in [0.25, 0.3) is 0 Å². The second-order valence-corrected chi connectivity index (χ2v) is 3.34. The zero-order valence-corrected chi connectivity index (χ0v) is 8.89. The van der Waals surface area contributed by atoms with Crippen molar-refractivity contribution in [2.24, 2.45) is 0 Å². The highest BCUT2D eigenvalue weighted by molar-refractivity contribution is 5.69. The van der Waals surface area contributed by atoms with Crippen LogP contribution in [0.4, 0.5) is 5.69 Å². The fourth-order valence-corrected chi connectivity index (χ4v) is 1.17. The summed E-state index contributed by atoms with van der Waals surface area (Å²) < 4.78 is 4.85. The van der Waals surface area contributed by atoms with Crippen molar-refractivity contribution < 1.29 is 19.6 Å². The Balaban J connectivity index is 3.09. The van der Waals surface area contributed by atoms with E-state index in [4.69, 9.17) is 9.84 Å². The van der Waals surface area contributed by atoms with Gasteiger partial charge in [-0.1, -0.05) is 0 Å². The molecule has 0 heterocycles. The smallest absolute Gasteiger partial charge is 0.341 e. The standard InChI is InChI=1S/C10H11NO5/c1-6-3-8(11(14)15)9(4-7(6)2)16-5-10(12)13/h3-4H,5H2,1-2H3,(H,12,13). The number of hydrogen-bond acceptors (Lipinski definition) is 4. The number of carboxylic acids is 1. The molecule has 0 fully saturated rings. The first-order chi connectivity index (χ1) is 7.41. The molecule has 0 unspecified atom stereocenters. The van der Waals surface area contributed by atoms with Crippen molar-refractivity contribution in [1.82, 2.24) is 0 Å². The van der Waals surface area contributed by atoms with Crippen LogP contribution in [-0.4, -0.2) is 22.6 Å². The van der Waals surface area contributed by atoms with E-state index in [-0.39, 0.29) is 11.4 Å². The van der Waals surface area contributed by atoms with Crippen molar-refractivity contribution in [2.75, 3.05) is 6.61 Å². The minimum atomic E-state index is -1.17. The van der Waals surface area contributed by atoms with Crippen LogP contribution in [-0.2, 0) is 4.79 Å². The van der Waals surface area contributed by atoms with Gasteiger partial charge >= 0.3 is 11.7 Å². The predicted molar refractivity (Wildman–Crippen MR) is 55.7 cm³/mol. The van der Waals surface area contributed by atoms with Crippen molar-refractivity contribution in [2.45, 2.75) is 13.8 Å². The van der Waals surface area contributed by atoms with E-state index in [1.165, 1.54) is 12.1 Å². The molecule has 1 N–H and O–H groups in total. The largest absolute Gasteiger partial charge is 0.479 e. The highest BCUT2D eigenvalue weighted by Gasteiger charge is 2.17. The summed E-state index contributed by atoms with van der Waals surface area (Å²) in [6.45, 7) is 2.92. The van der Waals surface area contributed by atoms with Crippen LogP contribution in [0.1, 0.15) is 11.1 Å². The summed E-state index contributed by atoms with van der Waals surface area (Å²) in [4.78, 5) is 20.4. The maximum atomic E-state index is 10.7. The molecule has 0 aromatic heterocycles. The van der Waals surface area contributed by atoms with Gasteiger partial charge in [0, 0.05) is 6.07 Å². The zero-order valence-electron chi connectivity index (χ0n) is 8.89. The van der Waals surface area contributed by atoms with Crippen LogP contribution < -0.4 is 4.74 Å². The number of nitro groups is 1. The van der Waals surface area contributed by atoms with E-state index in [9.17, 15) is 14.9 Å². The Bertz CT molecular complexity index is 441. The van der Waals surface area contributed by atoms with Gasteiger partial charge in [0.1, 0.15) is 0 Å². The Morgan fingerprint density at radius 2 is 2.00 bits per heavy atom. The Kier molecular flexibility index (Phi) is 3.44. The zero-order chi connectivity index (χ0) is 12.3. The average Bonchev–Trinajstić information content (AvgIpc) is 2.18. The molecule has 0 atom stereocenters. The average molecular weight is 225 g/mol. The number of ether oxygens (including phenoxy) is 1. The van der Waals surface area contributed by atoms with Gasteiger partial charge in [-0.2, -0.15) is 0 Å². The molecule has 6 heteroatoms. The number of rotatable bonds is 4. The second kappa shape index (κ2) is 4.61. The van der Waals surface area contributed by atoms with E-state index in [1.54, 1.807) is 13.8 Å². The molecule has 0 radical (unpaired) electrons. The fourth-order valence-electron chi connectivity index (χ4n) is 1.17. The molecule has 1 rings (SSSR count). The van der Waals surface area contributed by atoms with Crippen molar-refractivity contribution >= 4 is 11.7 Å². The summed E-state index contributed by atoms with van der Waals surface area (Å²) in [5, 5.41) is 19.1. The topological polar surface area (TPSA) is 89.7 Å². The van der Waals surface area contributed by atoms with Gasteiger partial charge in [0.15, 0.2) is 12.4 Å². The third-order valence-electron chi connectivity index (χ3n) is 2.12. The van der Waals surface area contributed by atoms with Gasteiger partial charge in [-0.25, -0.2) is 4.79 Å². The van der Waals surface area contributed by atoms with Gasteiger partial charge in [0.05, 0.1) is 4.92 Å². The molecule has 1 aromatic rings. The molecule has 16 heavy (non-hydrogen) atoms. The van der Waals surface area contributed by atoms with Crippen LogP contribution >= 0.6 is 0 Å². The molecule has 0 amide bonds. The molecule has 0 aliphatic heterocycles. The summed E-state index contributed by atoms with van der Waals surface area (Å²) in [5.41, 5.74) is 1.35. The number of nitrogens with zero attached hydrogens (tertiary/aromatic N) is 1. The Hall–Kier alpha value is -2.11. The number of hydrogen-bond donors (Lipinski definition) is 1. The molecular weight excluding hydrogens is 214 g/mol. The lowest BCUT2D eigenvalue weighted by Gasteiger charge is -2.07. The SMILES string of the molecule is Cc1cc(OCC(=O)O)c([N+](=O)[O-])cc1C. The molecule has 0 saturated heterocycles. The fraction of sp³-hybridized carbons (Fsp3) is 0.300. The molecule has 0 saturated carbocycles. The number of carboxylic acid groups (broad SMARTS) is 1. The van der Waals surface area contributed by atoms with Gasteiger partial charge in [-0.05, 0) is 31.0 Å². The second-order valence-electron chi connectivity index (χ2n) is 3.34. The van der Waals surface area contributed by atoms with Gasteiger partial charge in [0.2, 0.25) is 0 Å². The van der Waals surface area contributed by atoms with E-state index in [1.807, 2.05) is 0 Å². The van der Waals surface area contributed by atoms with Gasteiger partial charge in [-0.15, -0.1) is 0 Å². The first-order valence-corrected chi connectivity index (χ1v) is 4.52. The maximum Gasteiger partial charge on any atom is 0.341 e. The summed E-state index contributed by atoms with van der Waals surface area (Å²) in [5.74, 6) is -1.19. The van der Waals surface area contributed by atoms with Gasteiger partial charge < -0.3 is 9.84 Å². The Labute approximate surface area is 91.6 Å². The van der Waals surface area contributed by atoms with Crippen LogP contribution in [0.2, 0.25) is 0 Å². The highest BCUT2D eigenvalue weighted by atomic mass is 16.6. The first-order valence-electron chi connectivity index (χ1n) is 4.52. The molecule has 86 valence electrons. The van der Waals surface area contributed by atoms with Crippen molar-refractivity contribution in [3.63, 3.8) is 0 Å². The van der Waals surface area contributed by atoms with E-state index in [0.717, 1.165) is 11.1 Å². The lowest BCUT2D eigenvalue weighted by atomic mass is 10.1. The molecule has 0 spiro atoms. The van der Waals surface area contributed by atoms with Gasteiger partial charge in [-0.3, -0.25) is 10.1 Å². The monoisotopic (exact) mass is 225 g/mol.